The zero-order valence-electron chi connectivity index (χ0n) is 19.6. The fraction of sp³-hybridized carbons (Fsp3) is 0.625. The first-order valence-electron chi connectivity index (χ1n) is 12.0. The summed E-state index contributed by atoms with van der Waals surface area (Å²) in [6, 6.07) is 3.32. The van der Waals surface area contributed by atoms with E-state index in [1.165, 1.54) is 11.0 Å². The molecule has 0 radical (unpaired) electrons. The standard InChI is InChI=1S/C24H36N4O5/c1-3-18(4-2)16-27-13-12-20(17-27)28(24(30)31)21-10-8-19(15-25-21)9-11-22(29)26-33-23-7-5-6-14-32-23/h8-11,15,18,20,23H,3-7,12-14,16-17H2,1-2H3,(H,26,29)(H,30,31)/t20-,23?/m1/s1. The van der Waals surface area contributed by atoms with Gasteiger partial charge in [0.05, 0.1) is 6.04 Å². The summed E-state index contributed by atoms with van der Waals surface area (Å²) >= 11 is 0. The Morgan fingerprint density at radius 3 is 2.79 bits per heavy atom. The van der Waals surface area contributed by atoms with E-state index in [1.54, 1.807) is 24.4 Å². The highest BCUT2D eigenvalue weighted by molar-refractivity contribution is 5.91. The fourth-order valence-corrected chi connectivity index (χ4v) is 4.31. The molecule has 0 aromatic carbocycles. The molecule has 2 amide bonds. The Labute approximate surface area is 195 Å². The Bertz CT molecular complexity index is 791. The number of hydroxylamine groups is 1. The van der Waals surface area contributed by atoms with E-state index in [-0.39, 0.29) is 6.04 Å². The van der Waals surface area contributed by atoms with Crippen molar-refractivity contribution in [1.82, 2.24) is 15.4 Å². The summed E-state index contributed by atoms with van der Waals surface area (Å²) in [6.07, 6.45) is 8.96. The molecule has 0 aliphatic carbocycles. The smallest absolute Gasteiger partial charge is 0.413 e. The van der Waals surface area contributed by atoms with Crippen molar-refractivity contribution in [1.29, 1.82) is 0 Å². The van der Waals surface area contributed by atoms with Gasteiger partial charge in [-0.3, -0.25) is 9.69 Å². The lowest BCUT2D eigenvalue weighted by atomic mass is 10.0. The Morgan fingerprint density at radius 1 is 1.33 bits per heavy atom. The van der Waals surface area contributed by atoms with Crippen molar-refractivity contribution < 1.29 is 24.3 Å². The molecule has 182 valence electrons. The molecule has 1 aromatic heterocycles. The lowest BCUT2D eigenvalue weighted by Crippen LogP contribution is -2.42. The molecular formula is C24H36N4O5. The minimum Gasteiger partial charge on any atom is -0.465 e. The number of carbonyl (C=O) groups excluding carboxylic acids is 1. The molecule has 0 bridgehead atoms. The zero-order chi connectivity index (χ0) is 23.6. The lowest BCUT2D eigenvalue weighted by molar-refractivity contribution is -0.198. The fourth-order valence-electron chi connectivity index (χ4n) is 4.31. The van der Waals surface area contributed by atoms with Crippen LogP contribution in [0.4, 0.5) is 10.6 Å². The molecule has 1 unspecified atom stereocenters. The van der Waals surface area contributed by atoms with Gasteiger partial charge in [0.2, 0.25) is 0 Å². The molecule has 2 saturated heterocycles. The number of likely N-dealkylation sites (tertiary alicyclic amines) is 1. The second-order valence-corrected chi connectivity index (χ2v) is 8.70. The maximum Gasteiger partial charge on any atom is 0.413 e. The Morgan fingerprint density at radius 2 is 2.15 bits per heavy atom. The van der Waals surface area contributed by atoms with Crippen LogP contribution in [0.15, 0.2) is 24.4 Å². The van der Waals surface area contributed by atoms with Gasteiger partial charge in [0.1, 0.15) is 5.82 Å². The van der Waals surface area contributed by atoms with Crippen LogP contribution in [-0.4, -0.2) is 65.6 Å². The van der Waals surface area contributed by atoms with E-state index in [0.29, 0.717) is 23.9 Å². The summed E-state index contributed by atoms with van der Waals surface area (Å²) in [7, 11) is 0. The van der Waals surface area contributed by atoms with Crippen molar-refractivity contribution >= 4 is 23.9 Å². The number of hydrogen-bond donors (Lipinski definition) is 2. The Hall–Kier alpha value is -2.49. The van der Waals surface area contributed by atoms with Crippen LogP contribution in [0, 0.1) is 5.92 Å². The van der Waals surface area contributed by atoms with Crippen molar-refractivity contribution in [2.45, 2.75) is 64.7 Å². The van der Waals surface area contributed by atoms with Crippen LogP contribution in [0.3, 0.4) is 0 Å². The molecule has 33 heavy (non-hydrogen) atoms. The van der Waals surface area contributed by atoms with Gasteiger partial charge in [0.25, 0.3) is 5.91 Å². The molecule has 3 rings (SSSR count). The van der Waals surface area contributed by atoms with E-state index in [0.717, 1.165) is 58.2 Å². The summed E-state index contributed by atoms with van der Waals surface area (Å²) in [6.45, 7) is 7.66. The number of carboxylic acid groups (broad SMARTS) is 1. The minimum absolute atomic E-state index is 0.115. The Kier molecular flexibility index (Phi) is 9.65. The summed E-state index contributed by atoms with van der Waals surface area (Å²) in [5.74, 6) is 0.643. The van der Waals surface area contributed by atoms with Crippen LogP contribution in [-0.2, 0) is 14.4 Å². The molecule has 2 aliphatic rings. The van der Waals surface area contributed by atoms with Crippen LogP contribution in [0.5, 0.6) is 0 Å². The van der Waals surface area contributed by atoms with Gasteiger partial charge < -0.3 is 14.7 Å². The van der Waals surface area contributed by atoms with E-state index in [9.17, 15) is 14.7 Å². The van der Waals surface area contributed by atoms with Gasteiger partial charge in [0.15, 0.2) is 6.29 Å². The van der Waals surface area contributed by atoms with E-state index < -0.39 is 18.3 Å². The number of nitrogens with one attached hydrogen (secondary N) is 1. The first kappa shape index (κ1) is 25.1. The van der Waals surface area contributed by atoms with Crippen LogP contribution >= 0.6 is 0 Å². The van der Waals surface area contributed by atoms with Gasteiger partial charge >= 0.3 is 6.09 Å². The van der Waals surface area contributed by atoms with Crippen molar-refractivity contribution in [2.24, 2.45) is 5.92 Å². The lowest BCUT2D eigenvalue weighted by Gasteiger charge is -2.26. The van der Waals surface area contributed by atoms with Crippen molar-refractivity contribution in [3.05, 3.63) is 30.0 Å². The molecule has 1 aromatic rings. The third-order valence-corrected chi connectivity index (χ3v) is 6.36. The Balaban J connectivity index is 1.54. The number of ether oxygens (including phenoxy) is 1. The first-order chi connectivity index (χ1) is 16.0. The highest BCUT2D eigenvalue weighted by Crippen LogP contribution is 2.24. The number of rotatable bonds is 10. The average Bonchev–Trinajstić information content (AvgIpc) is 3.29. The minimum atomic E-state index is -0.998. The van der Waals surface area contributed by atoms with Gasteiger partial charge in [0, 0.05) is 44.9 Å². The normalized spacial score (nSPS) is 21.5. The van der Waals surface area contributed by atoms with Gasteiger partial charge in [-0.1, -0.05) is 26.7 Å². The topological polar surface area (TPSA) is 104 Å². The second-order valence-electron chi connectivity index (χ2n) is 8.70. The van der Waals surface area contributed by atoms with Crippen molar-refractivity contribution in [2.75, 3.05) is 31.1 Å². The third kappa shape index (κ3) is 7.52. The highest BCUT2D eigenvalue weighted by atomic mass is 16.8. The number of pyridine rings is 1. The highest BCUT2D eigenvalue weighted by Gasteiger charge is 2.33. The van der Waals surface area contributed by atoms with E-state index in [2.05, 4.69) is 29.2 Å². The molecule has 3 heterocycles. The number of aromatic nitrogens is 1. The number of anilines is 1. The number of nitrogens with zero attached hydrogens (tertiary/aromatic N) is 3. The molecule has 2 fully saturated rings. The average molecular weight is 461 g/mol. The summed E-state index contributed by atoms with van der Waals surface area (Å²) in [5, 5.41) is 9.84. The maximum absolute atomic E-state index is 12.0. The summed E-state index contributed by atoms with van der Waals surface area (Å²) in [5.41, 5.74) is 3.06. The molecule has 2 aliphatic heterocycles. The molecule has 2 N–H and O–H groups in total. The predicted octanol–water partition coefficient (Wildman–Crippen LogP) is 3.66. The molecular weight excluding hydrogens is 424 g/mol. The largest absolute Gasteiger partial charge is 0.465 e. The van der Waals surface area contributed by atoms with Crippen molar-refractivity contribution in [3.8, 4) is 0 Å². The molecule has 9 nitrogen and oxygen atoms in total. The SMILES string of the molecule is CCC(CC)CN1CC[C@@H](N(C(=O)O)c2ccc(C=CC(=O)NOC3CCCCO3)cn2)C1. The van der Waals surface area contributed by atoms with Gasteiger partial charge in [-0.2, -0.15) is 0 Å². The first-order valence-corrected chi connectivity index (χ1v) is 12.0. The monoisotopic (exact) mass is 460 g/mol. The quantitative estimate of drug-likeness (QED) is 0.406. The second kappa shape index (κ2) is 12.7. The van der Waals surface area contributed by atoms with Gasteiger partial charge in [-0.05, 0) is 49.0 Å². The summed E-state index contributed by atoms with van der Waals surface area (Å²) in [4.78, 5) is 37.3. The molecule has 2 atom stereocenters. The van der Waals surface area contributed by atoms with Gasteiger partial charge in [-0.25, -0.2) is 20.1 Å². The molecule has 9 heteroatoms. The van der Waals surface area contributed by atoms with Crippen LogP contribution in [0.2, 0.25) is 0 Å². The van der Waals surface area contributed by atoms with Crippen LogP contribution < -0.4 is 10.4 Å². The molecule has 0 saturated carbocycles. The van der Waals surface area contributed by atoms with Crippen LogP contribution in [0.1, 0.15) is 57.9 Å². The van der Waals surface area contributed by atoms with Crippen LogP contribution in [0.25, 0.3) is 6.08 Å². The maximum atomic E-state index is 12.0. The number of carbonyl (C=O) groups is 2. The predicted molar refractivity (Wildman–Crippen MR) is 126 cm³/mol. The van der Waals surface area contributed by atoms with E-state index in [4.69, 9.17) is 9.57 Å². The number of hydrogen-bond acceptors (Lipinski definition) is 6. The molecule has 0 spiro atoms. The van der Waals surface area contributed by atoms with E-state index >= 15 is 0 Å². The van der Waals surface area contributed by atoms with E-state index in [1.807, 2.05) is 0 Å². The third-order valence-electron chi connectivity index (χ3n) is 6.36. The zero-order valence-corrected chi connectivity index (χ0v) is 19.6. The van der Waals surface area contributed by atoms with Crippen molar-refractivity contribution in [3.63, 3.8) is 0 Å². The number of amides is 2. The van der Waals surface area contributed by atoms with Gasteiger partial charge in [-0.15, -0.1) is 0 Å². The summed E-state index contributed by atoms with van der Waals surface area (Å²) < 4.78 is 5.40.